The fraction of sp³-hybridized carbons (Fsp3) is 0.533. The van der Waals surface area contributed by atoms with E-state index in [0.717, 1.165) is 30.7 Å². The summed E-state index contributed by atoms with van der Waals surface area (Å²) in [6, 6.07) is 2.04. The average Bonchev–Trinajstić information content (AvgIpc) is 2.90. The van der Waals surface area contributed by atoms with E-state index in [4.69, 9.17) is 4.52 Å². The maximum Gasteiger partial charge on any atom is 0.257 e. The van der Waals surface area contributed by atoms with Crippen LogP contribution in [0.2, 0.25) is 0 Å². The van der Waals surface area contributed by atoms with Gasteiger partial charge in [0.15, 0.2) is 0 Å². The molecule has 1 saturated heterocycles. The van der Waals surface area contributed by atoms with Crippen molar-refractivity contribution in [2.24, 2.45) is 0 Å². The van der Waals surface area contributed by atoms with Crippen LogP contribution in [0.4, 0.5) is 0 Å². The van der Waals surface area contributed by atoms with E-state index in [9.17, 15) is 4.79 Å². The largest absolute Gasteiger partial charge is 0.336 e. The zero-order valence-corrected chi connectivity index (χ0v) is 12.6. The first-order valence-electron chi connectivity index (χ1n) is 7.35. The summed E-state index contributed by atoms with van der Waals surface area (Å²) >= 11 is 0. The summed E-state index contributed by atoms with van der Waals surface area (Å²) < 4.78 is 5.22. The van der Waals surface area contributed by atoms with E-state index in [1.807, 2.05) is 24.8 Å². The average molecular weight is 288 g/mol. The predicted octanol–water partition coefficient (Wildman–Crippen LogP) is 1.78. The normalized spacial score (nSPS) is 19.4. The number of amides is 1. The number of hydrogen-bond donors (Lipinski definition) is 1. The number of pyridine rings is 1. The Morgan fingerprint density at radius 2 is 2.33 bits per heavy atom. The van der Waals surface area contributed by atoms with Gasteiger partial charge < -0.3 is 14.7 Å². The highest BCUT2D eigenvalue weighted by Crippen LogP contribution is 2.24. The third-order valence-electron chi connectivity index (χ3n) is 3.91. The Hall–Kier alpha value is -1.95. The van der Waals surface area contributed by atoms with Crippen molar-refractivity contribution in [2.75, 3.05) is 19.6 Å². The molecule has 2 aromatic rings. The Labute approximate surface area is 123 Å². The van der Waals surface area contributed by atoms with Gasteiger partial charge in [-0.25, -0.2) is 4.98 Å². The first-order valence-corrected chi connectivity index (χ1v) is 7.35. The summed E-state index contributed by atoms with van der Waals surface area (Å²) in [7, 11) is 0. The van der Waals surface area contributed by atoms with Crippen LogP contribution in [0.15, 0.2) is 16.8 Å². The highest BCUT2D eigenvalue weighted by Gasteiger charge is 2.25. The van der Waals surface area contributed by atoms with Crippen LogP contribution >= 0.6 is 0 Å². The summed E-state index contributed by atoms with van der Waals surface area (Å²) in [4.78, 5) is 18.8. The van der Waals surface area contributed by atoms with E-state index in [-0.39, 0.29) is 17.9 Å². The Bertz CT molecular complexity index is 665. The SMILES string of the molecule is CC(C)c1noc2ncc(C(=O)N3CCNC[C@@H]3C)cc12. The minimum atomic E-state index is 0.0225. The third kappa shape index (κ3) is 2.51. The third-order valence-corrected chi connectivity index (χ3v) is 3.91. The van der Waals surface area contributed by atoms with Gasteiger partial charge in [0, 0.05) is 31.9 Å². The second kappa shape index (κ2) is 5.44. The minimum absolute atomic E-state index is 0.0225. The Morgan fingerprint density at radius 1 is 1.52 bits per heavy atom. The standard InChI is InChI=1S/C15H20N4O2/c1-9(2)13-12-6-11(8-17-14(12)21-18-13)15(20)19-5-4-16-7-10(19)3/h6,8-10,16H,4-5,7H2,1-3H3/t10-/m0/s1. The number of carbonyl (C=O) groups excluding carboxylic acids is 1. The number of nitrogens with one attached hydrogen (secondary N) is 1. The second-order valence-corrected chi connectivity index (χ2v) is 5.85. The Kier molecular flexibility index (Phi) is 3.63. The van der Waals surface area contributed by atoms with Crippen molar-refractivity contribution in [3.63, 3.8) is 0 Å². The topological polar surface area (TPSA) is 71.3 Å². The lowest BCUT2D eigenvalue weighted by Crippen LogP contribution is -2.52. The molecule has 112 valence electrons. The molecule has 1 atom stereocenters. The summed E-state index contributed by atoms with van der Waals surface area (Å²) in [5.41, 5.74) is 1.94. The molecule has 1 amide bonds. The molecule has 0 saturated carbocycles. The molecule has 6 heteroatoms. The van der Waals surface area contributed by atoms with Gasteiger partial charge in [0.25, 0.3) is 11.6 Å². The summed E-state index contributed by atoms with van der Waals surface area (Å²) in [5.74, 6) is 0.255. The fourth-order valence-corrected chi connectivity index (χ4v) is 2.69. The van der Waals surface area contributed by atoms with Crippen LogP contribution in [0.3, 0.4) is 0 Å². The number of nitrogens with zero attached hydrogens (tertiary/aromatic N) is 3. The molecule has 0 spiro atoms. The quantitative estimate of drug-likeness (QED) is 0.912. The molecule has 0 aromatic carbocycles. The van der Waals surface area contributed by atoms with E-state index in [0.29, 0.717) is 11.3 Å². The molecule has 1 fully saturated rings. The number of fused-ring (bicyclic) bond motifs is 1. The van der Waals surface area contributed by atoms with E-state index in [2.05, 4.69) is 22.4 Å². The predicted molar refractivity (Wildman–Crippen MR) is 79.3 cm³/mol. The summed E-state index contributed by atoms with van der Waals surface area (Å²) in [5, 5.41) is 8.17. The smallest absolute Gasteiger partial charge is 0.257 e. The van der Waals surface area contributed by atoms with Crippen LogP contribution in [0.5, 0.6) is 0 Å². The van der Waals surface area contributed by atoms with Crippen molar-refractivity contribution in [1.82, 2.24) is 20.4 Å². The van der Waals surface area contributed by atoms with Crippen LogP contribution in [0.1, 0.15) is 42.7 Å². The van der Waals surface area contributed by atoms with Crippen molar-refractivity contribution in [2.45, 2.75) is 32.7 Å². The molecule has 1 aliphatic rings. The van der Waals surface area contributed by atoms with E-state index >= 15 is 0 Å². The maximum atomic E-state index is 12.7. The first-order chi connectivity index (χ1) is 10.1. The summed E-state index contributed by atoms with van der Waals surface area (Å²) in [6.07, 6.45) is 1.58. The lowest BCUT2D eigenvalue weighted by Gasteiger charge is -2.33. The maximum absolute atomic E-state index is 12.7. The zero-order chi connectivity index (χ0) is 15.0. The highest BCUT2D eigenvalue weighted by atomic mass is 16.5. The number of rotatable bonds is 2. The van der Waals surface area contributed by atoms with Crippen LogP contribution in [0, 0.1) is 0 Å². The van der Waals surface area contributed by atoms with Crippen molar-refractivity contribution in [1.29, 1.82) is 0 Å². The molecule has 1 N–H and O–H groups in total. The van der Waals surface area contributed by atoms with Gasteiger partial charge in [-0.2, -0.15) is 0 Å². The van der Waals surface area contributed by atoms with Crippen molar-refractivity contribution >= 4 is 17.0 Å². The molecular formula is C15H20N4O2. The van der Waals surface area contributed by atoms with E-state index in [1.54, 1.807) is 6.20 Å². The van der Waals surface area contributed by atoms with Crippen molar-refractivity contribution in [3.8, 4) is 0 Å². The van der Waals surface area contributed by atoms with Crippen LogP contribution in [-0.4, -0.2) is 46.6 Å². The molecule has 6 nitrogen and oxygen atoms in total. The van der Waals surface area contributed by atoms with E-state index in [1.165, 1.54) is 0 Å². The van der Waals surface area contributed by atoms with E-state index < -0.39 is 0 Å². The van der Waals surface area contributed by atoms with Crippen LogP contribution in [0.25, 0.3) is 11.1 Å². The molecule has 0 radical (unpaired) electrons. The zero-order valence-electron chi connectivity index (χ0n) is 12.6. The highest BCUT2D eigenvalue weighted by molar-refractivity contribution is 5.97. The minimum Gasteiger partial charge on any atom is -0.336 e. The van der Waals surface area contributed by atoms with Crippen molar-refractivity contribution < 1.29 is 9.32 Å². The van der Waals surface area contributed by atoms with Gasteiger partial charge in [-0.3, -0.25) is 4.79 Å². The van der Waals surface area contributed by atoms with Gasteiger partial charge in [0.2, 0.25) is 0 Å². The van der Waals surface area contributed by atoms with Gasteiger partial charge in [0.05, 0.1) is 16.6 Å². The second-order valence-electron chi connectivity index (χ2n) is 5.85. The lowest BCUT2D eigenvalue weighted by atomic mass is 10.1. The van der Waals surface area contributed by atoms with Crippen LogP contribution < -0.4 is 5.32 Å². The number of carbonyl (C=O) groups is 1. The Balaban J connectivity index is 1.96. The van der Waals surface area contributed by atoms with Crippen molar-refractivity contribution in [3.05, 3.63) is 23.5 Å². The fourth-order valence-electron chi connectivity index (χ4n) is 2.69. The van der Waals surface area contributed by atoms with Gasteiger partial charge in [-0.05, 0) is 18.9 Å². The molecule has 21 heavy (non-hydrogen) atoms. The number of aromatic nitrogens is 2. The number of piperazine rings is 1. The molecule has 0 aliphatic carbocycles. The molecule has 3 rings (SSSR count). The Morgan fingerprint density at radius 3 is 3.05 bits per heavy atom. The van der Waals surface area contributed by atoms with Gasteiger partial charge in [-0.1, -0.05) is 19.0 Å². The monoisotopic (exact) mass is 288 g/mol. The van der Waals surface area contributed by atoms with Gasteiger partial charge in [0.1, 0.15) is 0 Å². The molecule has 3 heterocycles. The first kappa shape index (κ1) is 14.0. The summed E-state index contributed by atoms with van der Waals surface area (Å²) in [6.45, 7) is 8.52. The molecule has 0 bridgehead atoms. The molecule has 0 unspecified atom stereocenters. The molecule has 1 aliphatic heterocycles. The van der Waals surface area contributed by atoms with Gasteiger partial charge in [-0.15, -0.1) is 0 Å². The van der Waals surface area contributed by atoms with Gasteiger partial charge >= 0.3 is 0 Å². The van der Waals surface area contributed by atoms with Crippen LogP contribution in [-0.2, 0) is 0 Å². The molecular weight excluding hydrogens is 268 g/mol. The molecule has 2 aromatic heterocycles. The lowest BCUT2D eigenvalue weighted by molar-refractivity contribution is 0.0655. The number of hydrogen-bond acceptors (Lipinski definition) is 5.